The van der Waals surface area contributed by atoms with E-state index in [1.807, 2.05) is 0 Å². The van der Waals surface area contributed by atoms with Crippen LogP contribution in [0.1, 0.15) is 49.5 Å². The van der Waals surface area contributed by atoms with Gasteiger partial charge in [-0.15, -0.1) is 0 Å². The summed E-state index contributed by atoms with van der Waals surface area (Å²) in [5.41, 5.74) is 2.42. The smallest absolute Gasteiger partial charge is 0.355 e. The van der Waals surface area contributed by atoms with Crippen molar-refractivity contribution in [1.29, 1.82) is 0 Å². The molecule has 6 heteroatoms. The van der Waals surface area contributed by atoms with Gasteiger partial charge in [0.05, 0.1) is 5.69 Å². The van der Waals surface area contributed by atoms with Crippen molar-refractivity contribution in [2.75, 3.05) is 6.61 Å². The molecule has 0 aliphatic heterocycles. The summed E-state index contributed by atoms with van der Waals surface area (Å²) < 4.78 is 6.65. The van der Waals surface area contributed by atoms with Crippen molar-refractivity contribution < 1.29 is 19.1 Å². The first-order chi connectivity index (χ1) is 10.3. The van der Waals surface area contributed by atoms with E-state index < -0.39 is 5.97 Å². The maximum Gasteiger partial charge on any atom is 0.355 e. The SMILES string of the molecule is CC(=O)c1c(C)[nH]c(C(=O)COC(=O)c2cccn2C)c1C. The Labute approximate surface area is 128 Å². The molecule has 0 atom stereocenters. The van der Waals surface area contributed by atoms with Crippen molar-refractivity contribution in [3.8, 4) is 0 Å². The van der Waals surface area contributed by atoms with Gasteiger partial charge in [0.15, 0.2) is 12.4 Å². The number of ketones is 2. The zero-order valence-electron chi connectivity index (χ0n) is 13.0. The van der Waals surface area contributed by atoms with Crippen molar-refractivity contribution in [2.24, 2.45) is 7.05 Å². The van der Waals surface area contributed by atoms with Crippen LogP contribution in [0.15, 0.2) is 18.3 Å². The number of ether oxygens (including phenoxy) is 1. The van der Waals surface area contributed by atoms with Crippen molar-refractivity contribution >= 4 is 17.5 Å². The highest BCUT2D eigenvalue weighted by Crippen LogP contribution is 2.19. The number of aromatic amines is 1. The zero-order chi connectivity index (χ0) is 16.4. The fraction of sp³-hybridized carbons (Fsp3) is 0.312. The van der Waals surface area contributed by atoms with Crippen LogP contribution >= 0.6 is 0 Å². The van der Waals surface area contributed by atoms with E-state index in [1.165, 1.54) is 6.92 Å². The van der Waals surface area contributed by atoms with E-state index >= 15 is 0 Å². The van der Waals surface area contributed by atoms with E-state index in [-0.39, 0.29) is 18.2 Å². The highest BCUT2D eigenvalue weighted by atomic mass is 16.5. The molecule has 0 unspecified atom stereocenters. The lowest BCUT2D eigenvalue weighted by Gasteiger charge is -2.05. The van der Waals surface area contributed by atoms with Gasteiger partial charge in [-0.25, -0.2) is 4.79 Å². The molecule has 2 aromatic heterocycles. The number of carbonyl (C=O) groups is 3. The van der Waals surface area contributed by atoms with Crippen LogP contribution in [0.4, 0.5) is 0 Å². The number of rotatable bonds is 5. The molecular weight excluding hydrogens is 284 g/mol. The quantitative estimate of drug-likeness (QED) is 0.678. The van der Waals surface area contributed by atoms with Crippen LogP contribution in [0.25, 0.3) is 0 Å². The summed E-state index contributed by atoms with van der Waals surface area (Å²) in [4.78, 5) is 38.5. The lowest BCUT2D eigenvalue weighted by atomic mass is 10.1. The summed E-state index contributed by atoms with van der Waals surface area (Å²) in [7, 11) is 1.72. The van der Waals surface area contributed by atoms with Crippen LogP contribution in [0.3, 0.4) is 0 Å². The standard InChI is InChI=1S/C16H18N2O4/c1-9-14(11(3)19)10(2)17-15(9)13(20)8-22-16(21)12-6-5-7-18(12)4/h5-7,17H,8H2,1-4H3. The third kappa shape index (κ3) is 2.86. The topological polar surface area (TPSA) is 81.2 Å². The van der Waals surface area contributed by atoms with Crippen LogP contribution in [0, 0.1) is 13.8 Å². The number of hydrogen-bond donors (Lipinski definition) is 1. The lowest BCUT2D eigenvalue weighted by Crippen LogP contribution is -2.17. The van der Waals surface area contributed by atoms with Gasteiger partial charge in [0.1, 0.15) is 5.69 Å². The molecule has 22 heavy (non-hydrogen) atoms. The van der Waals surface area contributed by atoms with E-state index in [9.17, 15) is 14.4 Å². The third-order valence-electron chi connectivity index (χ3n) is 3.56. The van der Waals surface area contributed by atoms with Crippen LogP contribution in [-0.2, 0) is 11.8 Å². The molecule has 0 saturated carbocycles. The van der Waals surface area contributed by atoms with Crippen molar-refractivity contribution in [3.05, 3.63) is 46.5 Å². The minimum Gasteiger partial charge on any atom is -0.453 e. The van der Waals surface area contributed by atoms with E-state index in [0.29, 0.717) is 28.2 Å². The Morgan fingerprint density at radius 1 is 1.27 bits per heavy atom. The van der Waals surface area contributed by atoms with E-state index in [1.54, 1.807) is 43.8 Å². The number of nitrogens with one attached hydrogen (secondary N) is 1. The summed E-state index contributed by atoms with van der Waals surface area (Å²) in [5, 5.41) is 0. The van der Waals surface area contributed by atoms with E-state index in [0.717, 1.165) is 0 Å². The first kappa shape index (κ1) is 15.8. The van der Waals surface area contributed by atoms with Crippen molar-refractivity contribution in [3.63, 3.8) is 0 Å². The second kappa shape index (κ2) is 6.01. The molecule has 0 fully saturated rings. The van der Waals surface area contributed by atoms with Crippen molar-refractivity contribution in [2.45, 2.75) is 20.8 Å². The number of Topliss-reactive ketones (excluding diaryl/α,β-unsaturated/α-hetero) is 2. The van der Waals surface area contributed by atoms with Gasteiger partial charge in [-0.3, -0.25) is 9.59 Å². The normalized spacial score (nSPS) is 10.5. The Balaban J connectivity index is 2.11. The Hall–Kier alpha value is -2.63. The average molecular weight is 302 g/mol. The zero-order valence-corrected chi connectivity index (χ0v) is 13.0. The first-order valence-corrected chi connectivity index (χ1v) is 6.84. The minimum absolute atomic E-state index is 0.105. The molecule has 0 amide bonds. The van der Waals surface area contributed by atoms with Crippen molar-refractivity contribution in [1.82, 2.24) is 9.55 Å². The van der Waals surface area contributed by atoms with Gasteiger partial charge in [-0.05, 0) is 38.5 Å². The fourth-order valence-electron chi connectivity index (χ4n) is 2.51. The number of H-pyrrole nitrogens is 1. The molecule has 0 saturated heterocycles. The first-order valence-electron chi connectivity index (χ1n) is 6.84. The molecule has 2 aromatic rings. The molecule has 6 nitrogen and oxygen atoms in total. The third-order valence-corrected chi connectivity index (χ3v) is 3.56. The summed E-state index contributed by atoms with van der Waals surface area (Å²) in [5.74, 6) is -1.03. The van der Waals surface area contributed by atoms with Crippen LogP contribution in [0.5, 0.6) is 0 Å². The number of hydrogen-bond acceptors (Lipinski definition) is 4. The summed E-state index contributed by atoms with van der Waals surface area (Å²) in [6.45, 7) is 4.51. The van der Waals surface area contributed by atoms with Gasteiger partial charge in [0, 0.05) is 24.5 Å². The predicted molar refractivity (Wildman–Crippen MR) is 80.3 cm³/mol. The molecular formula is C16H18N2O4. The number of aryl methyl sites for hydroxylation is 2. The fourth-order valence-corrected chi connectivity index (χ4v) is 2.51. The summed E-state index contributed by atoms with van der Waals surface area (Å²) in [6, 6.07) is 3.33. The molecule has 0 aromatic carbocycles. The van der Waals surface area contributed by atoms with Gasteiger partial charge in [-0.1, -0.05) is 0 Å². The second-order valence-corrected chi connectivity index (χ2v) is 5.18. The Morgan fingerprint density at radius 2 is 1.95 bits per heavy atom. The van der Waals surface area contributed by atoms with Gasteiger partial charge in [0.2, 0.25) is 5.78 Å². The highest BCUT2D eigenvalue weighted by Gasteiger charge is 2.21. The minimum atomic E-state index is -0.562. The van der Waals surface area contributed by atoms with E-state index in [4.69, 9.17) is 4.74 Å². The van der Waals surface area contributed by atoms with Gasteiger partial charge in [-0.2, -0.15) is 0 Å². The number of nitrogens with zero attached hydrogens (tertiary/aromatic N) is 1. The second-order valence-electron chi connectivity index (χ2n) is 5.18. The monoisotopic (exact) mass is 302 g/mol. The van der Waals surface area contributed by atoms with E-state index in [2.05, 4.69) is 4.98 Å². The van der Waals surface area contributed by atoms with Crippen LogP contribution in [0.2, 0.25) is 0 Å². The molecule has 2 rings (SSSR count). The molecule has 0 spiro atoms. The van der Waals surface area contributed by atoms with Gasteiger partial charge < -0.3 is 14.3 Å². The maximum atomic E-state index is 12.2. The Bertz CT molecular complexity index is 752. The molecule has 2 heterocycles. The molecule has 0 aliphatic carbocycles. The van der Waals surface area contributed by atoms with Crippen LogP contribution < -0.4 is 0 Å². The molecule has 116 valence electrons. The molecule has 0 bridgehead atoms. The maximum absolute atomic E-state index is 12.2. The Morgan fingerprint density at radius 3 is 2.45 bits per heavy atom. The summed E-state index contributed by atoms with van der Waals surface area (Å²) >= 11 is 0. The summed E-state index contributed by atoms with van der Waals surface area (Å²) in [6.07, 6.45) is 1.72. The average Bonchev–Trinajstić information content (AvgIpc) is 2.99. The number of carbonyl (C=O) groups excluding carboxylic acids is 3. The molecule has 1 N–H and O–H groups in total. The predicted octanol–water partition coefficient (Wildman–Crippen LogP) is 2.21. The Kier molecular flexibility index (Phi) is 4.30. The van der Waals surface area contributed by atoms with Gasteiger partial charge in [0.25, 0.3) is 0 Å². The largest absolute Gasteiger partial charge is 0.453 e. The number of aromatic nitrogens is 2. The molecule has 0 radical (unpaired) electrons. The van der Waals surface area contributed by atoms with Crippen LogP contribution in [-0.4, -0.2) is 33.7 Å². The molecule has 0 aliphatic rings. The highest BCUT2D eigenvalue weighted by molar-refractivity contribution is 6.04. The van der Waals surface area contributed by atoms with Gasteiger partial charge >= 0.3 is 5.97 Å². The lowest BCUT2D eigenvalue weighted by molar-refractivity contribution is 0.0464. The number of esters is 1.